The minimum Gasteiger partial charge on any atom is -0.481 e. The summed E-state index contributed by atoms with van der Waals surface area (Å²) in [6.45, 7) is 0.433. The van der Waals surface area contributed by atoms with E-state index in [1.165, 1.54) is 0 Å². The van der Waals surface area contributed by atoms with Crippen LogP contribution in [0.15, 0.2) is 17.5 Å². The van der Waals surface area contributed by atoms with E-state index in [0.717, 1.165) is 4.88 Å². The molecule has 1 aromatic rings. The van der Waals surface area contributed by atoms with Crippen LogP contribution in [0, 0.1) is 5.92 Å². The van der Waals surface area contributed by atoms with Crippen LogP contribution in [-0.2, 0) is 11.2 Å². The molecule has 0 fully saturated rings. The minimum atomic E-state index is -0.751. The first-order chi connectivity index (χ1) is 6.24. The van der Waals surface area contributed by atoms with Crippen molar-refractivity contribution in [3.8, 4) is 0 Å². The lowest BCUT2D eigenvalue weighted by Crippen LogP contribution is -2.19. The molecule has 1 aromatic heterocycles. The van der Waals surface area contributed by atoms with Crippen LogP contribution in [0.4, 0.5) is 0 Å². The predicted octanol–water partition coefficient (Wildman–Crippen LogP) is 1.34. The van der Waals surface area contributed by atoms with Gasteiger partial charge in [0.15, 0.2) is 0 Å². The third-order valence-electron chi connectivity index (χ3n) is 1.89. The van der Waals surface area contributed by atoms with Crippen molar-refractivity contribution in [1.82, 2.24) is 0 Å². The van der Waals surface area contributed by atoms with Crippen LogP contribution in [0.2, 0.25) is 0 Å². The Morgan fingerprint density at radius 3 is 2.92 bits per heavy atom. The van der Waals surface area contributed by atoms with Crippen molar-refractivity contribution in [3.63, 3.8) is 0 Å². The summed E-state index contributed by atoms with van der Waals surface area (Å²) in [5.41, 5.74) is 5.34. The second kappa shape index (κ2) is 4.99. The van der Waals surface area contributed by atoms with Crippen LogP contribution in [0.1, 0.15) is 11.3 Å². The van der Waals surface area contributed by atoms with E-state index in [0.29, 0.717) is 19.4 Å². The number of carbonyl (C=O) groups is 1. The van der Waals surface area contributed by atoms with E-state index in [4.69, 9.17) is 10.8 Å². The summed E-state index contributed by atoms with van der Waals surface area (Å²) >= 11 is 1.59. The molecule has 0 radical (unpaired) electrons. The lowest BCUT2D eigenvalue weighted by molar-refractivity contribution is -0.141. The fourth-order valence-corrected chi connectivity index (χ4v) is 1.97. The molecule has 72 valence electrons. The lowest BCUT2D eigenvalue weighted by Gasteiger charge is -2.08. The normalized spacial score (nSPS) is 12.7. The number of thiophene rings is 1. The molecule has 1 rings (SSSR count). The molecule has 0 aliphatic carbocycles. The molecule has 0 bridgehead atoms. The SMILES string of the molecule is NCCC(Cc1cccs1)C(=O)O. The highest BCUT2D eigenvalue weighted by Crippen LogP contribution is 2.16. The summed E-state index contributed by atoms with van der Waals surface area (Å²) < 4.78 is 0. The van der Waals surface area contributed by atoms with Crippen LogP contribution < -0.4 is 5.73 Å². The van der Waals surface area contributed by atoms with Gasteiger partial charge < -0.3 is 10.8 Å². The molecule has 1 unspecified atom stereocenters. The van der Waals surface area contributed by atoms with Crippen LogP contribution in [0.3, 0.4) is 0 Å². The molecular weight excluding hydrogens is 186 g/mol. The molecule has 1 atom stereocenters. The number of carboxylic acid groups (broad SMARTS) is 1. The van der Waals surface area contributed by atoms with Gasteiger partial charge in [-0.1, -0.05) is 6.07 Å². The fraction of sp³-hybridized carbons (Fsp3) is 0.444. The smallest absolute Gasteiger partial charge is 0.306 e. The van der Waals surface area contributed by atoms with Crippen molar-refractivity contribution in [2.24, 2.45) is 11.7 Å². The Balaban J connectivity index is 2.52. The monoisotopic (exact) mass is 199 g/mol. The molecule has 4 heteroatoms. The van der Waals surface area contributed by atoms with Gasteiger partial charge in [-0.2, -0.15) is 0 Å². The quantitative estimate of drug-likeness (QED) is 0.752. The maximum absolute atomic E-state index is 10.8. The number of hydrogen-bond donors (Lipinski definition) is 2. The average Bonchev–Trinajstić information content (AvgIpc) is 2.56. The number of nitrogens with two attached hydrogens (primary N) is 1. The molecule has 0 saturated heterocycles. The zero-order valence-corrected chi connectivity index (χ0v) is 8.09. The van der Waals surface area contributed by atoms with Gasteiger partial charge in [-0.05, 0) is 30.8 Å². The predicted molar refractivity (Wildman–Crippen MR) is 52.8 cm³/mol. The zero-order valence-electron chi connectivity index (χ0n) is 7.27. The van der Waals surface area contributed by atoms with Gasteiger partial charge in [0, 0.05) is 4.88 Å². The molecule has 0 aliphatic heterocycles. The second-order valence-electron chi connectivity index (χ2n) is 2.90. The molecule has 0 saturated carbocycles. The van der Waals surface area contributed by atoms with Crippen molar-refractivity contribution in [2.45, 2.75) is 12.8 Å². The summed E-state index contributed by atoms with van der Waals surface area (Å²) in [7, 11) is 0. The first-order valence-corrected chi connectivity index (χ1v) is 5.07. The maximum atomic E-state index is 10.8. The molecule has 3 N–H and O–H groups in total. The summed E-state index contributed by atoms with van der Waals surface area (Å²) in [6, 6.07) is 3.89. The van der Waals surface area contributed by atoms with E-state index in [1.54, 1.807) is 11.3 Å². The topological polar surface area (TPSA) is 63.3 Å². The van der Waals surface area contributed by atoms with Gasteiger partial charge in [-0.15, -0.1) is 11.3 Å². The number of aliphatic carboxylic acids is 1. The van der Waals surface area contributed by atoms with Crippen molar-refractivity contribution in [1.29, 1.82) is 0 Å². The van der Waals surface area contributed by atoms with Gasteiger partial charge in [0.2, 0.25) is 0 Å². The zero-order chi connectivity index (χ0) is 9.68. The second-order valence-corrected chi connectivity index (χ2v) is 3.93. The van der Waals surface area contributed by atoms with Crippen LogP contribution in [-0.4, -0.2) is 17.6 Å². The maximum Gasteiger partial charge on any atom is 0.306 e. The summed E-state index contributed by atoms with van der Waals surface area (Å²) in [4.78, 5) is 11.9. The van der Waals surface area contributed by atoms with Crippen molar-refractivity contribution >= 4 is 17.3 Å². The third-order valence-corrected chi connectivity index (χ3v) is 2.79. The van der Waals surface area contributed by atoms with Crippen LogP contribution in [0.25, 0.3) is 0 Å². The number of hydrogen-bond acceptors (Lipinski definition) is 3. The van der Waals surface area contributed by atoms with Crippen molar-refractivity contribution in [2.75, 3.05) is 6.54 Å². The highest BCUT2D eigenvalue weighted by atomic mass is 32.1. The highest BCUT2D eigenvalue weighted by Gasteiger charge is 2.17. The number of carboxylic acids is 1. The van der Waals surface area contributed by atoms with E-state index in [9.17, 15) is 4.79 Å². The molecule has 0 amide bonds. The Labute approximate surface area is 81.2 Å². The van der Waals surface area contributed by atoms with Gasteiger partial charge in [-0.25, -0.2) is 0 Å². The van der Waals surface area contributed by atoms with E-state index in [1.807, 2.05) is 17.5 Å². The minimum absolute atomic E-state index is 0.330. The summed E-state index contributed by atoms with van der Waals surface area (Å²) in [5.74, 6) is -1.08. The van der Waals surface area contributed by atoms with Gasteiger partial charge in [0.05, 0.1) is 5.92 Å². The lowest BCUT2D eigenvalue weighted by atomic mass is 10.0. The average molecular weight is 199 g/mol. The molecule has 0 aliphatic rings. The van der Waals surface area contributed by atoms with Gasteiger partial charge in [-0.3, -0.25) is 4.79 Å². The van der Waals surface area contributed by atoms with Crippen LogP contribution in [0.5, 0.6) is 0 Å². The Morgan fingerprint density at radius 1 is 1.69 bits per heavy atom. The Bertz CT molecular complexity index is 259. The third kappa shape index (κ3) is 3.16. The van der Waals surface area contributed by atoms with Crippen molar-refractivity contribution in [3.05, 3.63) is 22.4 Å². The Morgan fingerprint density at radius 2 is 2.46 bits per heavy atom. The van der Waals surface area contributed by atoms with E-state index in [-0.39, 0.29) is 5.92 Å². The fourth-order valence-electron chi connectivity index (χ4n) is 1.19. The largest absolute Gasteiger partial charge is 0.481 e. The first-order valence-electron chi connectivity index (χ1n) is 4.19. The molecule has 0 spiro atoms. The molecule has 3 nitrogen and oxygen atoms in total. The Kier molecular flexibility index (Phi) is 3.92. The molecular formula is C9H13NO2S. The Hall–Kier alpha value is -0.870. The van der Waals surface area contributed by atoms with Gasteiger partial charge in [0.25, 0.3) is 0 Å². The summed E-state index contributed by atoms with van der Waals surface area (Å²) in [5, 5.41) is 10.8. The van der Waals surface area contributed by atoms with Crippen molar-refractivity contribution < 1.29 is 9.90 Å². The van der Waals surface area contributed by atoms with Crippen LogP contribution >= 0.6 is 11.3 Å². The molecule has 13 heavy (non-hydrogen) atoms. The first kappa shape index (κ1) is 10.2. The van der Waals surface area contributed by atoms with E-state index < -0.39 is 5.97 Å². The molecule has 0 aromatic carbocycles. The van der Waals surface area contributed by atoms with Gasteiger partial charge in [0.1, 0.15) is 0 Å². The number of rotatable bonds is 5. The van der Waals surface area contributed by atoms with E-state index in [2.05, 4.69) is 0 Å². The van der Waals surface area contributed by atoms with Gasteiger partial charge >= 0.3 is 5.97 Å². The standard InChI is InChI=1S/C9H13NO2S/c10-4-3-7(9(11)12)6-8-2-1-5-13-8/h1-2,5,7H,3-4,6,10H2,(H,11,12). The molecule has 1 heterocycles. The highest BCUT2D eigenvalue weighted by molar-refractivity contribution is 7.09. The van der Waals surface area contributed by atoms with E-state index >= 15 is 0 Å². The summed E-state index contributed by atoms with van der Waals surface area (Å²) in [6.07, 6.45) is 1.15.